The molecule has 0 spiro atoms. The van der Waals surface area contributed by atoms with Crippen molar-refractivity contribution in [3.05, 3.63) is 33.4 Å². The zero-order chi connectivity index (χ0) is 8.55. The summed E-state index contributed by atoms with van der Waals surface area (Å²) in [4.78, 5) is 0. The largest absolute Gasteiger partial charge is 0.394 e. The average molecular weight is 276 g/mol. The second kappa shape index (κ2) is 3.32. The molecule has 1 aliphatic heterocycles. The third-order valence-electron chi connectivity index (χ3n) is 1.96. The van der Waals surface area contributed by atoms with E-state index in [1.165, 1.54) is 3.57 Å². The Hall–Kier alpha value is -0.130. The molecule has 0 saturated carbocycles. The van der Waals surface area contributed by atoms with Gasteiger partial charge in [0.15, 0.2) is 0 Å². The molecule has 0 aliphatic carbocycles. The Labute approximate surface area is 84.7 Å². The molecule has 3 heteroatoms. The van der Waals surface area contributed by atoms with Gasteiger partial charge in [0.05, 0.1) is 6.61 Å². The Morgan fingerprint density at radius 3 is 2.50 bits per heavy atom. The zero-order valence-electron chi connectivity index (χ0n) is 6.40. The first kappa shape index (κ1) is 8.47. The summed E-state index contributed by atoms with van der Waals surface area (Å²) in [6, 6.07) is 8.18. The lowest BCUT2D eigenvalue weighted by atomic mass is 10.1. The van der Waals surface area contributed by atoms with Crippen LogP contribution in [0.15, 0.2) is 24.3 Å². The van der Waals surface area contributed by atoms with Crippen molar-refractivity contribution in [1.82, 2.24) is 0 Å². The highest BCUT2D eigenvalue weighted by Crippen LogP contribution is 2.38. The summed E-state index contributed by atoms with van der Waals surface area (Å²) in [5, 5.41) is 8.77. The van der Waals surface area contributed by atoms with E-state index in [4.69, 9.17) is 9.84 Å². The van der Waals surface area contributed by atoms with E-state index < -0.39 is 0 Å². The molecule has 2 nitrogen and oxygen atoms in total. The zero-order valence-corrected chi connectivity index (χ0v) is 8.56. The Bertz CT molecular complexity index is 270. The van der Waals surface area contributed by atoms with Gasteiger partial charge in [0.2, 0.25) is 0 Å². The third-order valence-corrected chi connectivity index (χ3v) is 2.68. The maximum atomic E-state index is 8.77. The predicted molar refractivity (Wildman–Crippen MR) is 53.9 cm³/mol. The average Bonchev–Trinajstić information content (AvgIpc) is 2.85. The van der Waals surface area contributed by atoms with Gasteiger partial charge < -0.3 is 9.84 Å². The van der Waals surface area contributed by atoms with Gasteiger partial charge in [-0.05, 0) is 40.3 Å². The summed E-state index contributed by atoms with van der Waals surface area (Å²) in [6.07, 6.45) is 0.164. The van der Waals surface area contributed by atoms with Crippen molar-refractivity contribution in [2.24, 2.45) is 0 Å². The first-order chi connectivity index (χ1) is 5.81. The Morgan fingerprint density at radius 1 is 1.33 bits per heavy atom. The lowest BCUT2D eigenvalue weighted by molar-refractivity contribution is 0.242. The van der Waals surface area contributed by atoms with E-state index >= 15 is 0 Å². The van der Waals surface area contributed by atoms with Crippen molar-refractivity contribution in [3.63, 3.8) is 0 Å². The normalized spacial score (nSPS) is 27.2. The SMILES string of the molecule is OC[C@@H]1O[C@@H]1c1ccc(I)cc1. The van der Waals surface area contributed by atoms with Crippen LogP contribution in [0.4, 0.5) is 0 Å². The van der Waals surface area contributed by atoms with Crippen molar-refractivity contribution in [1.29, 1.82) is 0 Å². The predicted octanol–water partition coefficient (Wildman–Crippen LogP) is 1.72. The van der Waals surface area contributed by atoms with Crippen LogP contribution in [-0.4, -0.2) is 17.8 Å². The van der Waals surface area contributed by atoms with Crippen LogP contribution in [0.25, 0.3) is 0 Å². The van der Waals surface area contributed by atoms with Gasteiger partial charge in [0, 0.05) is 3.57 Å². The molecule has 1 aromatic rings. The van der Waals surface area contributed by atoms with Crippen molar-refractivity contribution in [2.75, 3.05) is 6.61 Å². The van der Waals surface area contributed by atoms with Crippen LogP contribution in [0.2, 0.25) is 0 Å². The van der Waals surface area contributed by atoms with Crippen molar-refractivity contribution in [3.8, 4) is 0 Å². The molecule has 1 fully saturated rings. The molecule has 0 bridgehead atoms. The maximum Gasteiger partial charge on any atom is 0.112 e. The molecule has 1 aliphatic rings. The summed E-state index contributed by atoms with van der Waals surface area (Å²) in [6.45, 7) is 0.122. The van der Waals surface area contributed by atoms with E-state index in [0.29, 0.717) is 0 Å². The summed E-state index contributed by atoms with van der Waals surface area (Å²) in [7, 11) is 0. The molecule has 0 aromatic heterocycles. The fourth-order valence-electron chi connectivity index (χ4n) is 1.23. The van der Waals surface area contributed by atoms with Crippen molar-refractivity contribution in [2.45, 2.75) is 12.2 Å². The summed E-state index contributed by atoms with van der Waals surface area (Å²) >= 11 is 2.26. The Morgan fingerprint density at radius 2 is 2.00 bits per heavy atom. The van der Waals surface area contributed by atoms with E-state index in [2.05, 4.69) is 22.6 Å². The van der Waals surface area contributed by atoms with Crippen LogP contribution in [0.1, 0.15) is 11.7 Å². The standard InChI is InChI=1S/C9H9IO2/c10-7-3-1-6(2-4-7)9-8(5-11)12-9/h1-4,8-9,11H,5H2/t8-,9+/m0/s1. The lowest BCUT2D eigenvalue weighted by Crippen LogP contribution is -1.94. The van der Waals surface area contributed by atoms with E-state index in [0.717, 1.165) is 5.56 Å². The first-order valence-corrected chi connectivity index (χ1v) is 4.91. The van der Waals surface area contributed by atoms with Gasteiger partial charge >= 0.3 is 0 Å². The number of hydrogen-bond donors (Lipinski definition) is 1. The number of aliphatic hydroxyl groups excluding tert-OH is 1. The number of aliphatic hydroxyl groups is 1. The molecule has 12 heavy (non-hydrogen) atoms. The molecule has 1 heterocycles. The van der Waals surface area contributed by atoms with E-state index in [-0.39, 0.29) is 18.8 Å². The molecule has 0 amide bonds. The van der Waals surface area contributed by atoms with Gasteiger partial charge in [-0.15, -0.1) is 0 Å². The first-order valence-electron chi connectivity index (χ1n) is 3.83. The van der Waals surface area contributed by atoms with Gasteiger partial charge in [-0.1, -0.05) is 12.1 Å². The second-order valence-corrected chi connectivity index (χ2v) is 4.07. The highest BCUT2D eigenvalue weighted by atomic mass is 127. The Balaban J connectivity index is 2.10. The van der Waals surface area contributed by atoms with Crippen LogP contribution >= 0.6 is 22.6 Å². The van der Waals surface area contributed by atoms with Crippen LogP contribution in [-0.2, 0) is 4.74 Å². The van der Waals surface area contributed by atoms with Gasteiger partial charge in [0.1, 0.15) is 12.2 Å². The number of benzene rings is 1. The van der Waals surface area contributed by atoms with Crippen molar-refractivity contribution < 1.29 is 9.84 Å². The number of ether oxygens (including phenoxy) is 1. The molecule has 1 saturated heterocycles. The van der Waals surface area contributed by atoms with Gasteiger partial charge in [-0.25, -0.2) is 0 Å². The van der Waals surface area contributed by atoms with Crippen LogP contribution in [0.3, 0.4) is 0 Å². The minimum atomic E-state index is 0.0325. The summed E-state index contributed by atoms with van der Waals surface area (Å²) in [5.74, 6) is 0. The highest BCUT2D eigenvalue weighted by molar-refractivity contribution is 14.1. The molecule has 1 aromatic carbocycles. The van der Waals surface area contributed by atoms with Crippen LogP contribution < -0.4 is 0 Å². The monoisotopic (exact) mass is 276 g/mol. The fourth-order valence-corrected chi connectivity index (χ4v) is 1.59. The van der Waals surface area contributed by atoms with Gasteiger partial charge in [-0.2, -0.15) is 0 Å². The number of rotatable bonds is 2. The minimum absolute atomic E-state index is 0.0325. The molecular formula is C9H9IO2. The number of epoxide rings is 1. The summed E-state index contributed by atoms with van der Waals surface area (Å²) in [5.41, 5.74) is 1.16. The van der Waals surface area contributed by atoms with Gasteiger partial charge in [-0.3, -0.25) is 0 Å². The fraction of sp³-hybridized carbons (Fsp3) is 0.333. The second-order valence-electron chi connectivity index (χ2n) is 2.83. The molecule has 1 N–H and O–H groups in total. The number of hydrogen-bond acceptors (Lipinski definition) is 2. The number of halogens is 1. The molecule has 2 atom stereocenters. The molecular weight excluding hydrogens is 267 g/mol. The topological polar surface area (TPSA) is 32.8 Å². The van der Waals surface area contributed by atoms with Crippen molar-refractivity contribution >= 4 is 22.6 Å². The van der Waals surface area contributed by atoms with Crippen LogP contribution in [0, 0.1) is 3.57 Å². The van der Waals surface area contributed by atoms with E-state index in [1.807, 2.05) is 24.3 Å². The highest BCUT2D eigenvalue weighted by Gasteiger charge is 2.39. The maximum absolute atomic E-state index is 8.77. The third kappa shape index (κ3) is 1.62. The molecule has 0 unspecified atom stereocenters. The smallest absolute Gasteiger partial charge is 0.112 e. The summed E-state index contributed by atoms with van der Waals surface area (Å²) < 4.78 is 6.46. The molecule has 64 valence electrons. The quantitative estimate of drug-likeness (QED) is 0.659. The molecule has 0 radical (unpaired) electrons. The van der Waals surface area contributed by atoms with Crippen LogP contribution in [0.5, 0.6) is 0 Å². The minimum Gasteiger partial charge on any atom is -0.394 e. The van der Waals surface area contributed by atoms with E-state index in [9.17, 15) is 0 Å². The molecule has 2 rings (SSSR count). The van der Waals surface area contributed by atoms with E-state index in [1.54, 1.807) is 0 Å². The van der Waals surface area contributed by atoms with Gasteiger partial charge in [0.25, 0.3) is 0 Å². The Kier molecular flexibility index (Phi) is 2.34. The lowest BCUT2D eigenvalue weighted by Gasteiger charge is -1.94.